The molecule has 1 aliphatic heterocycles. The third-order valence-electron chi connectivity index (χ3n) is 5.39. The second kappa shape index (κ2) is 7.87. The number of amides is 1. The smallest absolute Gasteiger partial charge is 0.410 e. The van der Waals surface area contributed by atoms with Crippen LogP contribution in [-0.4, -0.2) is 41.8 Å². The molecule has 2 fully saturated rings. The van der Waals surface area contributed by atoms with Crippen LogP contribution in [0.15, 0.2) is 0 Å². The van der Waals surface area contributed by atoms with E-state index in [4.69, 9.17) is 4.74 Å². The van der Waals surface area contributed by atoms with Gasteiger partial charge in [0.15, 0.2) is 0 Å². The minimum Gasteiger partial charge on any atom is -0.444 e. The van der Waals surface area contributed by atoms with E-state index in [0.29, 0.717) is 12.1 Å². The molecule has 0 bridgehead atoms. The molecule has 1 heterocycles. The molecule has 4 atom stereocenters. The molecule has 1 saturated carbocycles. The first-order valence-corrected chi connectivity index (χ1v) is 9.48. The average molecular weight is 325 g/mol. The van der Waals surface area contributed by atoms with E-state index < -0.39 is 5.60 Å². The minimum atomic E-state index is -0.415. The van der Waals surface area contributed by atoms with Gasteiger partial charge in [0.1, 0.15) is 5.60 Å². The van der Waals surface area contributed by atoms with Gasteiger partial charge in [0, 0.05) is 25.2 Å². The van der Waals surface area contributed by atoms with Crippen molar-refractivity contribution in [2.75, 3.05) is 13.1 Å². The van der Waals surface area contributed by atoms with Gasteiger partial charge in [0.25, 0.3) is 0 Å². The Hall–Kier alpha value is -0.770. The van der Waals surface area contributed by atoms with Crippen LogP contribution in [0.4, 0.5) is 4.79 Å². The molecule has 1 aliphatic carbocycles. The fraction of sp³-hybridized carbons (Fsp3) is 0.947. The summed E-state index contributed by atoms with van der Waals surface area (Å²) in [6.07, 6.45) is 7.14. The first-order valence-electron chi connectivity index (χ1n) is 9.48. The highest BCUT2D eigenvalue weighted by atomic mass is 16.6. The van der Waals surface area contributed by atoms with Crippen molar-refractivity contribution in [2.24, 2.45) is 11.8 Å². The van der Waals surface area contributed by atoms with Gasteiger partial charge in [0.05, 0.1) is 0 Å². The lowest BCUT2D eigenvalue weighted by Gasteiger charge is -2.36. The molecule has 0 spiro atoms. The number of hydrogen-bond donors (Lipinski definition) is 1. The highest BCUT2D eigenvalue weighted by Crippen LogP contribution is 2.30. The van der Waals surface area contributed by atoms with E-state index in [2.05, 4.69) is 19.2 Å². The van der Waals surface area contributed by atoms with Crippen LogP contribution in [0.3, 0.4) is 0 Å². The van der Waals surface area contributed by atoms with E-state index >= 15 is 0 Å². The van der Waals surface area contributed by atoms with Crippen LogP contribution in [-0.2, 0) is 4.74 Å². The van der Waals surface area contributed by atoms with Crippen LogP contribution in [0, 0.1) is 11.8 Å². The van der Waals surface area contributed by atoms with Crippen molar-refractivity contribution in [1.29, 1.82) is 0 Å². The lowest BCUT2D eigenvalue weighted by atomic mass is 9.79. The lowest BCUT2D eigenvalue weighted by molar-refractivity contribution is 0.0239. The van der Waals surface area contributed by atoms with Crippen LogP contribution in [0.5, 0.6) is 0 Å². The zero-order valence-corrected chi connectivity index (χ0v) is 15.7. The zero-order chi connectivity index (χ0) is 17.0. The average Bonchev–Trinajstić information content (AvgIpc) is 2.67. The maximum Gasteiger partial charge on any atom is 0.410 e. The number of ether oxygens (including phenoxy) is 1. The Balaban J connectivity index is 1.88. The fourth-order valence-corrected chi connectivity index (χ4v) is 3.80. The second-order valence-corrected chi connectivity index (χ2v) is 8.75. The zero-order valence-electron chi connectivity index (χ0n) is 15.7. The number of carbonyl (C=O) groups is 1. The van der Waals surface area contributed by atoms with Gasteiger partial charge in [-0.3, -0.25) is 0 Å². The van der Waals surface area contributed by atoms with Crippen LogP contribution < -0.4 is 5.32 Å². The van der Waals surface area contributed by atoms with Crippen molar-refractivity contribution in [2.45, 2.75) is 90.8 Å². The molecule has 0 aromatic heterocycles. The van der Waals surface area contributed by atoms with Gasteiger partial charge in [0.2, 0.25) is 0 Å². The van der Waals surface area contributed by atoms with Gasteiger partial charge in [-0.2, -0.15) is 0 Å². The maximum absolute atomic E-state index is 12.4. The third kappa shape index (κ3) is 5.98. The van der Waals surface area contributed by atoms with E-state index in [1.807, 2.05) is 25.7 Å². The van der Waals surface area contributed by atoms with Gasteiger partial charge in [-0.05, 0) is 64.7 Å². The van der Waals surface area contributed by atoms with Gasteiger partial charge in [-0.25, -0.2) is 4.79 Å². The first kappa shape index (κ1) is 18.6. The Morgan fingerprint density at radius 3 is 2.43 bits per heavy atom. The van der Waals surface area contributed by atoms with Gasteiger partial charge in [-0.1, -0.05) is 20.3 Å². The quantitative estimate of drug-likeness (QED) is 0.828. The summed E-state index contributed by atoms with van der Waals surface area (Å²) in [7, 11) is 0. The van der Waals surface area contributed by atoms with Gasteiger partial charge in [-0.15, -0.1) is 0 Å². The van der Waals surface area contributed by atoms with Crippen molar-refractivity contribution in [1.82, 2.24) is 10.2 Å². The molecule has 23 heavy (non-hydrogen) atoms. The summed E-state index contributed by atoms with van der Waals surface area (Å²) in [5.41, 5.74) is -0.415. The normalized spacial score (nSPS) is 33.2. The molecular formula is C19H36N2O2. The molecule has 1 N–H and O–H groups in total. The topological polar surface area (TPSA) is 41.6 Å². The van der Waals surface area contributed by atoms with Crippen molar-refractivity contribution < 1.29 is 9.53 Å². The molecule has 1 amide bonds. The van der Waals surface area contributed by atoms with Crippen molar-refractivity contribution in [3.63, 3.8) is 0 Å². The molecule has 2 aliphatic rings. The van der Waals surface area contributed by atoms with Crippen LogP contribution in [0.1, 0.15) is 73.1 Å². The number of nitrogens with one attached hydrogen (secondary N) is 1. The summed E-state index contributed by atoms with van der Waals surface area (Å²) < 4.78 is 5.56. The minimum absolute atomic E-state index is 0.156. The van der Waals surface area contributed by atoms with E-state index in [1.165, 1.54) is 32.1 Å². The Labute approximate surface area is 142 Å². The summed E-state index contributed by atoms with van der Waals surface area (Å²) in [5.74, 6) is 1.65. The van der Waals surface area contributed by atoms with E-state index in [9.17, 15) is 4.79 Å². The van der Waals surface area contributed by atoms with Crippen LogP contribution >= 0.6 is 0 Å². The van der Waals surface area contributed by atoms with Gasteiger partial charge >= 0.3 is 6.09 Å². The first-order chi connectivity index (χ1) is 10.7. The van der Waals surface area contributed by atoms with E-state index in [-0.39, 0.29) is 6.09 Å². The third-order valence-corrected chi connectivity index (χ3v) is 5.39. The Morgan fingerprint density at radius 2 is 1.78 bits per heavy atom. The molecule has 1 saturated heterocycles. The molecule has 4 nitrogen and oxygen atoms in total. The standard InChI is InChI=1S/C19H36N2O2/c1-14-9-10-16(12-15(14)2)20-17-8-6-7-11-21(13-17)18(22)23-19(3,4)5/h14-17,20H,6-13H2,1-5H3. The van der Waals surface area contributed by atoms with Crippen molar-refractivity contribution in [3.05, 3.63) is 0 Å². The van der Waals surface area contributed by atoms with E-state index in [1.54, 1.807) is 0 Å². The van der Waals surface area contributed by atoms with Crippen LogP contribution in [0.2, 0.25) is 0 Å². The van der Waals surface area contributed by atoms with Gasteiger partial charge < -0.3 is 15.0 Å². The number of nitrogens with zero attached hydrogens (tertiary/aromatic N) is 1. The number of carbonyl (C=O) groups excluding carboxylic acids is 1. The van der Waals surface area contributed by atoms with Crippen LogP contribution in [0.25, 0.3) is 0 Å². The molecule has 0 aromatic rings. The highest BCUT2D eigenvalue weighted by Gasteiger charge is 2.30. The predicted octanol–water partition coefficient (Wildman–Crippen LogP) is 4.19. The molecule has 0 radical (unpaired) electrons. The maximum atomic E-state index is 12.4. The molecule has 2 rings (SSSR count). The fourth-order valence-electron chi connectivity index (χ4n) is 3.80. The van der Waals surface area contributed by atoms with Crippen molar-refractivity contribution >= 4 is 6.09 Å². The second-order valence-electron chi connectivity index (χ2n) is 8.75. The Morgan fingerprint density at radius 1 is 1.04 bits per heavy atom. The lowest BCUT2D eigenvalue weighted by Crippen LogP contribution is -2.48. The predicted molar refractivity (Wildman–Crippen MR) is 94.5 cm³/mol. The van der Waals surface area contributed by atoms with E-state index in [0.717, 1.165) is 31.3 Å². The SMILES string of the molecule is CC1CCC(NC2CCCCN(C(=O)OC(C)(C)C)C2)CC1C. The summed E-state index contributed by atoms with van der Waals surface area (Å²) in [6, 6.07) is 1.03. The number of hydrogen-bond acceptors (Lipinski definition) is 3. The number of likely N-dealkylation sites (tertiary alicyclic amines) is 1. The largest absolute Gasteiger partial charge is 0.444 e. The molecular weight excluding hydrogens is 288 g/mol. The summed E-state index contributed by atoms with van der Waals surface area (Å²) in [5, 5.41) is 3.85. The Bertz CT molecular complexity index is 391. The van der Waals surface area contributed by atoms with Crippen molar-refractivity contribution in [3.8, 4) is 0 Å². The molecule has 4 unspecified atom stereocenters. The monoisotopic (exact) mass is 324 g/mol. The Kier molecular flexibility index (Phi) is 6.35. The molecule has 134 valence electrons. The highest BCUT2D eigenvalue weighted by molar-refractivity contribution is 5.68. The molecule has 4 heteroatoms. The summed E-state index contributed by atoms with van der Waals surface area (Å²) in [4.78, 5) is 14.3. The summed E-state index contributed by atoms with van der Waals surface area (Å²) in [6.45, 7) is 12.2. The number of rotatable bonds is 2. The summed E-state index contributed by atoms with van der Waals surface area (Å²) >= 11 is 0. The molecule has 0 aromatic carbocycles.